The SMILES string of the molecule is CCCCCCc1cc[n+](C(C)C)cc1CCCCCC. The van der Waals surface area contributed by atoms with E-state index in [0.717, 1.165) is 0 Å². The first-order chi connectivity index (χ1) is 10.2. The van der Waals surface area contributed by atoms with E-state index < -0.39 is 0 Å². The summed E-state index contributed by atoms with van der Waals surface area (Å²) >= 11 is 0. The maximum atomic E-state index is 2.41. The summed E-state index contributed by atoms with van der Waals surface area (Å²) in [5.41, 5.74) is 3.19. The van der Waals surface area contributed by atoms with Crippen LogP contribution in [0.25, 0.3) is 0 Å². The Hall–Kier alpha value is -0.850. The van der Waals surface area contributed by atoms with E-state index in [4.69, 9.17) is 0 Å². The van der Waals surface area contributed by atoms with Gasteiger partial charge in [0.15, 0.2) is 18.4 Å². The summed E-state index contributed by atoms with van der Waals surface area (Å²) in [6.07, 6.45) is 18.1. The first kappa shape index (κ1) is 18.2. The Kier molecular flexibility index (Phi) is 9.37. The number of nitrogens with zero attached hydrogens (tertiary/aromatic N) is 1. The molecular formula is C20H36N+. The van der Waals surface area contributed by atoms with E-state index in [1.54, 1.807) is 11.1 Å². The molecule has 120 valence electrons. The van der Waals surface area contributed by atoms with Crippen molar-refractivity contribution in [3.8, 4) is 0 Å². The number of aromatic nitrogens is 1. The van der Waals surface area contributed by atoms with Gasteiger partial charge in [0.05, 0.1) is 0 Å². The average Bonchev–Trinajstić information content (AvgIpc) is 2.48. The lowest BCUT2D eigenvalue weighted by Gasteiger charge is -2.10. The highest BCUT2D eigenvalue weighted by atomic mass is 15.0. The van der Waals surface area contributed by atoms with E-state index in [2.05, 4.69) is 50.7 Å². The lowest BCUT2D eigenvalue weighted by molar-refractivity contribution is -0.716. The van der Waals surface area contributed by atoms with Crippen LogP contribution < -0.4 is 4.57 Å². The third kappa shape index (κ3) is 7.11. The second kappa shape index (κ2) is 10.8. The summed E-state index contributed by atoms with van der Waals surface area (Å²) in [5, 5.41) is 0. The van der Waals surface area contributed by atoms with Crippen molar-refractivity contribution in [1.82, 2.24) is 0 Å². The van der Waals surface area contributed by atoms with Crippen LogP contribution in [0.1, 0.15) is 96.2 Å². The highest BCUT2D eigenvalue weighted by molar-refractivity contribution is 5.21. The number of hydrogen-bond donors (Lipinski definition) is 0. The van der Waals surface area contributed by atoms with Crippen LogP contribution in [0.4, 0.5) is 0 Å². The Morgan fingerprint density at radius 2 is 1.38 bits per heavy atom. The van der Waals surface area contributed by atoms with Gasteiger partial charge in [0, 0.05) is 11.6 Å². The topological polar surface area (TPSA) is 3.88 Å². The summed E-state index contributed by atoms with van der Waals surface area (Å²) in [4.78, 5) is 0. The van der Waals surface area contributed by atoms with Crippen LogP contribution >= 0.6 is 0 Å². The summed E-state index contributed by atoms with van der Waals surface area (Å²) in [6.45, 7) is 9.10. The smallest absolute Gasteiger partial charge is 0.172 e. The highest BCUT2D eigenvalue weighted by Crippen LogP contribution is 2.15. The molecule has 1 rings (SSSR count). The molecule has 1 aromatic heterocycles. The van der Waals surface area contributed by atoms with Crippen molar-refractivity contribution in [3.63, 3.8) is 0 Å². The van der Waals surface area contributed by atoms with Crippen LogP contribution in [-0.2, 0) is 12.8 Å². The van der Waals surface area contributed by atoms with Crippen molar-refractivity contribution in [1.29, 1.82) is 0 Å². The maximum Gasteiger partial charge on any atom is 0.172 e. The van der Waals surface area contributed by atoms with Crippen LogP contribution in [0.15, 0.2) is 18.5 Å². The third-order valence-corrected chi connectivity index (χ3v) is 4.36. The normalized spacial score (nSPS) is 11.3. The number of aryl methyl sites for hydroxylation is 2. The van der Waals surface area contributed by atoms with Gasteiger partial charge in [-0.1, -0.05) is 52.4 Å². The summed E-state index contributed by atoms with van der Waals surface area (Å²) in [6, 6.07) is 2.94. The second-order valence-corrected chi connectivity index (χ2v) is 6.66. The van der Waals surface area contributed by atoms with Crippen molar-refractivity contribution < 1.29 is 4.57 Å². The highest BCUT2D eigenvalue weighted by Gasteiger charge is 2.11. The number of unbranched alkanes of at least 4 members (excludes halogenated alkanes) is 6. The fourth-order valence-electron chi connectivity index (χ4n) is 2.86. The molecule has 0 N–H and O–H groups in total. The van der Waals surface area contributed by atoms with Crippen molar-refractivity contribution in [2.24, 2.45) is 0 Å². The predicted octanol–water partition coefficient (Wildman–Crippen LogP) is 5.80. The Morgan fingerprint density at radius 1 is 0.810 bits per heavy atom. The molecule has 21 heavy (non-hydrogen) atoms. The zero-order valence-electron chi connectivity index (χ0n) is 14.8. The molecule has 0 aliphatic heterocycles. The molecule has 0 saturated heterocycles. The van der Waals surface area contributed by atoms with Crippen LogP contribution in [0.3, 0.4) is 0 Å². The number of pyridine rings is 1. The van der Waals surface area contributed by atoms with Crippen molar-refractivity contribution >= 4 is 0 Å². The van der Waals surface area contributed by atoms with Crippen LogP contribution in [0, 0.1) is 0 Å². The number of rotatable bonds is 11. The zero-order valence-corrected chi connectivity index (χ0v) is 14.8. The quantitative estimate of drug-likeness (QED) is 0.358. The molecule has 1 heteroatoms. The van der Waals surface area contributed by atoms with Gasteiger partial charge in [0.25, 0.3) is 0 Å². The maximum absolute atomic E-state index is 2.41. The van der Waals surface area contributed by atoms with Gasteiger partial charge in [0.1, 0.15) is 0 Å². The minimum atomic E-state index is 0.563. The minimum absolute atomic E-state index is 0.563. The zero-order chi connectivity index (χ0) is 15.5. The summed E-state index contributed by atoms with van der Waals surface area (Å²) < 4.78 is 2.37. The predicted molar refractivity (Wildman–Crippen MR) is 92.7 cm³/mol. The standard InChI is InChI=1S/C20H36N/c1-5-7-9-11-13-19-15-16-21(18(3)4)17-20(19)14-12-10-8-6-2/h15-18H,5-14H2,1-4H3/q+1. The molecule has 0 unspecified atom stereocenters. The lowest BCUT2D eigenvalue weighted by Crippen LogP contribution is -2.36. The average molecular weight is 291 g/mol. The third-order valence-electron chi connectivity index (χ3n) is 4.36. The van der Waals surface area contributed by atoms with E-state index in [1.165, 1.54) is 64.2 Å². The Labute approximate surface area is 132 Å². The van der Waals surface area contributed by atoms with Gasteiger partial charge in [0.2, 0.25) is 0 Å². The van der Waals surface area contributed by atoms with Gasteiger partial charge < -0.3 is 0 Å². The first-order valence-corrected chi connectivity index (χ1v) is 9.21. The minimum Gasteiger partial charge on any atom is -0.203 e. The summed E-state index contributed by atoms with van der Waals surface area (Å²) in [5.74, 6) is 0. The Balaban J connectivity index is 2.65. The van der Waals surface area contributed by atoms with E-state index in [-0.39, 0.29) is 0 Å². The van der Waals surface area contributed by atoms with E-state index >= 15 is 0 Å². The van der Waals surface area contributed by atoms with E-state index in [1.807, 2.05) is 0 Å². The molecule has 0 fully saturated rings. The van der Waals surface area contributed by atoms with Crippen LogP contribution in [0.2, 0.25) is 0 Å². The molecule has 0 saturated carbocycles. The molecule has 0 amide bonds. The van der Waals surface area contributed by atoms with Gasteiger partial charge >= 0.3 is 0 Å². The van der Waals surface area contributed by atoms with Gasteiger partial charge in [-0.2, -0.15) is 0 Å². The first-order valence-electron chi connectivity index (χ1n) is 9.21. The second-order valence-electron chi connectivity index (χ2n) is 6.66. The van der Waals surface area contributed by atoms with Crippen LogP contribution in [0.5, 0.6) is 0 Å². The molecule has 0 aliphatic carbocycles. The van der Waals surface area contributed by atoms with Crippen molar-refractivity contribution in [2.45, 2.75) is 97.9 Å². The molecule has 0 radical (unpaired) electrons. The monoisotopic (exact) mass is 290 g/mol. The molecule has 1 aromatic rings. The molecule has 0 atom stereocenters. The van der Waals surface area contributed by atoms with Gasteiger partial charge in [-0.3, -0.25) is 0 Å². The largest absolute Gasteiger partial charge is 0.203 e. The fourth-order valence-corrected chi connectivity index (χ4v) is 2.86. The van der Waals surface area contributed by atoms with Crippen molar-refractivity contribution in [2.75, 3.05) is 0 Å². The van der Waals surface area contributed by atoms with Crippen LogP contribution in [-0.4, -0.2) is 0 Å². The molecule has 0 aromatic carbocycles. The Bertz CT molecular complexity index is 381. The van der Waals surface area contributed by atoms with E-state index in [0.29, 0.717) is 6.04 Å². The molecular weight excluding hydrogens is 254 g/mol. The number of hydrogen-bond acceptors (Lipinski definition) is 0. The van der Waals surface area contributed by atoms with Gasteiger partial charge in [-0.25, -0.2) is 4.57 Å². The molecule has 1 heterocycles. The fraction of sp³-hybridized carbons (Fsp3) is 0.750. The molecule has 0 bridgehead atoms. The lowest BCUT2D eigenvalue weighted by atomic mass is 9.98. The van der Waals surface area contributed by atoms with E-state index in [9.17, 15) is 0 Å². The van der Waals surface area contributed by atoms with Gasteiger partial charge in [-0.05, 0) is 45.1 Å². The molecule has 0 aliphatic rings. The summed E-state index contributed by atoms with van der Waals surface area (Å²) in [7, 11) is 0. The Morgan fingerprint density at radius 3 is 1.90 bits per heavy atom. The van der Waals surface area contributed by atoms with Crippen molar-refractivity contribution in [3.05, 3.63) is 29.6 Å². The molecule has 0 spiro atoms. The molecule has 1 nitrogen and oxygen atoms in total. The van der Waals surface area contributed by atoms with Gasteiger partial charge in [-0.15, -0.1) is 0 Å².